The van der Waals surface area contributed by atoms with Gasteiger partial charge in [0.25, 0.3) is 0 Å². The van der Waals surface area contributed by atoms with Crippen LogP contribution in [-0.2, 0) is 4.79 Å². The second kappa shape index (κ2) is 5.32. The smallest absolute Gasteiger partial charge is 0.133 e. The average Bonchev–Trinajstić information content (AvgIpc) is 2.03. The maximum atomic E-state index is 11.1. The normalized spacial score (nSPS) is 34.4. The zero-order valence-corrected chi connectivity index (χ0v) is 11.5. The molecule has 1 aliphatic carbocycles. The highest BCUT2D eigenvalue weighted by atomic mass is 32.6. The van der Waals surface area contributed by atoms with E-state index in [-0.39, 0.29) is 7.30 Å². The van der Waals surface area contributed by atoms with Gasteiger partial charge >= 0.3 is 0 Å². The van der Waals surface area contributed by atoms with Gasteiger partial charge in [0.1, 0.15) is 5.78 Å². The van der Waals surface area contributed by atoms with Crippen molar-refractivity contribution in [3.8, 4) is 0 Å². The van der Waals surface area contributed by atoms with Crippen molar-refractivity contribution >= 4 is 38.9 Å². The molecule has 70 valence electrons. The van der Waals surface area contributed by atoms with Gasteiger partial charge in [-0.3, -0.25) is 4.79 Å². The minimum absolute atomic E-state index is 0.100. The molecule has 4 unspecified atom stereocenters. The minimum Gasteiger partial charge on any atom is -0.300 e. The fraction of sp³-hybridized carbons (Fsp3) is 0.857. The third kappa shape index (κ3) is 2.96. The summed E-state index contributed by atoms with van der Waals surface area (Å²) in [5, 5.41) is 0. The van der Waals surface area contributed by atoms with Crippen LogP contribution in [0.1, 0.15) is 26.2 Å². The van der Waals surface area contributed by atoms with Crippen LogP contribution in [0.2, 0.25) is 0 Å². The van der Waals surface area contributed by atoms with E-state index >= 15 is 0 Å². The average molecular weight is 240 g/mol. The summed E-state index contributed by atoms with van der Waals surface area (Å²) in [5.74, 6) is 1.10. The monoisotopic (exact) mass is 240 g/mol. The van der Waals surface area contributed by atoms with Crippen molar-refractivity contribution in [1.82, 2.24) is 0 Å². The number of hydrogen-bond donors (Lipinski definition) is 0. The van der Waals surface area contributed by atoms with Crippen LogP contribution in [0, 0.1) is 5.92 Å². The Kier molecular flexibility index (Phi) is 5.08. The summed E-state index contributed by atoms with van der Waals surface area (Å²) in [6.07, 6.45) is 2.79. The van der Waals surface area contributed by atoms with E-state index in [2.05, 4.69) is 24.8 Å². The molecule has 1 aliphatic rings. The van der Waals surface area contributed by atoms with Crippen LogP contribution in [0.25, 0.3) is 0 Å². The van der Waals surface area contributed by atoms with Gasteiger partial charge in [0, 0.05) is 12.8 Å². The van der Waals surface area contributed by atoms with E-state index in [4.69, 9.17) is 0 Å². The summed E-state index contributed by atoms with van der Waals surface area (Å²) >= 11 is 0. The summed E-state index contributed by atoms with van der Waals surface area (Å²) in [6, 6.07) is 0. The number of carbonyl (C=O) groups excluding carboxylic acids is 1. The molecule has 0 N–H and O–H groups in total. The van der Waals surface area contributed by atoms with Crippen molar-refractivity contribution < 1.29 is 4.79 Å². The molecule has 1 fully saturated rings. The fourth-order valence-electron chi connectivity index (χ4n) is 1.70. The van der Waals surface area contributed by atoms with Gasteiger partial charge in [-0.1, -0.05) is 22.2 Å². The maximum absolute atomic E-state index is 11.1. The topological polar surface area (TPSA) is 17.1 Å². The first-order chi connectivity index (χ1) is 5.65. The molecule has 0 saturated heterocycles. The number of Topliss-reactive ketones (excluding diaryl/α,β-unsaturated/α-hetero) is 1. The molecule has 0 aromatic carbocycles. The van der Waals surface area contributed by atoms with E-state index in [9.17, 15) is 4.79 Å². The zero-order chi connectivity index (χ0) is 9.14. The minimum atomic E-state index is 0.100. The van der Waals surface area contributed by atoms with Crippen molar-refractivity contribution in [2.75, 3.05) is 0 Å². The van der Waals surface area contributed by atoms with Crippen LogP contribution in [0.4, 0.5) is 0 Å². The van der Waals surface area contributed by atoms with Gasteiger partial charge in [-0.25, -0.2) is 0 Å². The Labute approximate surface area is 81.8 Å². The van der Waals surface area contributed by atoms with Crippen LogP contribution >= 0.6 is 33.1 Å². The summed E-state index contributed by atoms with van der Waals surface area (Å²) < 4.78 is 0. The van der Waals surface area contributed by atoms with Crippen molar-refractivity contribution in [1.29, 1.82) is 0 Å². The molecule has 6 atom stereocenters. The molecule has 0 aromatic rings. The number of rotatable bonds is 2. The molecule has 0 amide bonds. The lowest BCUT2D eigenvalue weighted by molar-refractivity contribution is -0.121. The van der Waals surface area contributed by atoms with Gasteiger partial charge in [0.05, 0.1) is 0 Å². The lowest BCUT2D eigenvalue weighted by atomic mass is 9.89. The molecule has 0 spiro atoms. The maximum Gasteiger partial charge on any atom is 0.133 e. The van der Waals surface area contributed by atoms with Gasteiger partial charge in [0.15, 0.2) is 0 Å². The van der Waals surface area contributed by atoms with Crippen LogP contribution in [0.15, 0.2) is 0 Å². The largest absolute Gasteiger partial charge is 0.300 e. The van der Waals surface area contributed by atoms with Crippen LogP contribution < -0.4 is 0 Å². The highest BCUT2D eigenvalue weighted by molar-refractivity contribution is 8.61. The predicted octanol–water partition coefficient (Wildman–Crippen LogP) is 3.40. The SMILES string of the molecule is C[C@H]1CC(=O)CC[C@@H]1P(P)PP. The van der Waals surface area contributed by atoms with Crippen molar-refractivity contribution in [2.24, 2.45) is 5.92 Å². The number of ketones is 1. The lowest BCUT2D eigenvalue weighted by Gasteiger charge is -2.32. The molecule has 1 nitrogen and oxygen atoms in total. The first-order valence-electron chi connectivity index (χ1n) is 4.17. The van der Waals surface area contributed by atoms with Gasteiger partial charge in [-0.15, -0.1) is 17.9 Å². The van der Waals surface area contributed by atoms with Gasteiger partial charge in [0.2, 0.25) is 0 Å². The van der Waals surface area contributed by atoms with E-state index < -0.39 is 0 Å². The Morgan fingerprint density at radius 3 is 2.83 bits per heavy atom. The highest BCUT2D eigenvalue weighted by Crippen LogP contribution is 2.71. The van der Waals surface area contributed by atoms with Crippen LogP contribution in [0.5, 0.6) is 0 Å². The molecule has 5 heteroatoms. The fourth-order valence-corrected chi connectivity index (χ4v) is 7.73. The molecule has 12 heavy (non-hydrogen) atoms. The Morgan fingerprint density at radius 2 is 2.33 bits per heavy atom. The van der Waals surface area contributed by atoms with E-state index in [1.165, 1.54) is 0 Å². The molecule has 0 aliphatic heterocycles. The van der Waals surface area contributed by atoms with Crippen molar-refractivity contribution in [3.63, 3.8) is 0 Å². The third-order valence-electron chi connectivity index (χ3n) is 2.43. The lowest BCUT2D eigenvalue weighted by Crippen LogP contribution is -2.24. The molecule has 0 aromatic heterocycles. The Hall–Kier alpha value is 1.39. The van der Waals surface area contributed by atoms with Crippen LogP contribution in [0.3, 0.4) is 0 Å². The van der Waals surface area contributed by atoms with Crippen molar-refractivity contribution in [3.05, 3.63) is 0 Å². The first-order valence-corrected chi connectivity index (χ1v) is 10.8. The van der Waals surface area contributed by atoms with E-state index in [0.29, 0.717) is 11.7 Å². The number of hydrogen-bond acceptors (Lipinski definition) is 1. The van der Waals surface area contributed by atoms with E-state index in [0.717, 1.165) is 32.9 Å². The van der Waals surface area contributed by atoms with Gasteiger partial charge in [-0.2, -0.15) is 0 Å². The van der Waals surface area contributed by atoms with E-state index in [1.807, 2.05) is 0 Å². The molecule has 0 bridgehead atoms. The van der Waals surface area contributed by atoms with Crippen LogP contribution in [-0.4, -0.2) is 11.4 Å². The first kappa shape index (κ1) is 11.5. The second-order valence-electron chi connectivity index (χ2n) is 3.36. The van der Waals surface area contributed by atoms with Gasteiger partial charge < -0.3 is 0 Å². The van der Waals surface area contributed by atoms with Crippen molar-refractivity contribution in [2.45, 2.75) is 31.8 Å². The van der Waals surface area contributed by atoms with Gasteiger partial charge in [-0.05, 0) is 18.0 Å². The molecule has 1 saturated carbocycles. The molecule has 0 radical (unpaired) electrons. The summed E-state index contributed by atoms with van der Waals surface area (Å²) in [7, 11) is 6.90. The standard InChI is InChI=1S/C7H16OP4/c1-5-4-6(8)2-3-7(5)12(10)11-9/h5,7,11H,2-4,9-10H2,1H3/t5-,7-,12?/m0/s1. The van der Waals surface area contributed by atoms with E-state index in [1.54, 1.807) is 0 Å². The third-order valence-corrected chi connectivity index (χ3v) is 14.0. The highest BCUT2D eigenvalue weighted by Gasteiger charge is 2.29. The Morgan fingerprint density at radius 1 is 1.67 bits per heavy atom. The second-order valence-corrected chi connectivity index (χ2v) is 13.0. The molecular weight excluding hydrogens is 224 g/mol. The Bertz CT molecular complexity index is 173. The summed E-state index contributed by atoms with van der Waals surface area (Å²) in [6.45, 7) is 2.23. The quantitative estimate of drug-likeness (QED) is 0.676. The summed E-state index contributed by atoms with van der Waals surface area (Å²) in [4.78, 5) is 11.1. The predicted molar refractivity (Wildman–Crippen MR) is 66.5 cm³/mol. The number of carbonyl (C=O) groups is 1. The summed E-state index contributed by atoms with van der Waals surface area (Å²) in [5.41, 5.74) is 0.818. The zero-order valence-electron chi connectivity index (χ0n) is 7.29. The Balaban J connectivity index is 2.50. The molecule has 1 rings (SSSR count). The molecule has 0 heterocycles. The molecular formula is C7H16OP4.